The van der Waals surface area contributed by atoms with Crippen LogP contribution in [0.3, 0.4) is 0 Å². The maximum Gasteiger partial charge on any atom is 0.339 e. The van der Waals surface area contributed by atoms with Crippen LogP contribution in [0.15, 0.2) is 36.7 Å². The van der Waals surface area contributed by atoms with Crippen molar-refractivity contribution in [1.29, 1.82) is 0 Å². The Morgan fingerprint density at radius 3 is 2.89 bits per heavy atom. The zero-order valence-electron chi connectivity index (χ0n) is 10.4. The summed E-state index contributed by atoms with van der Waals surface area (Å²) in [6.45, 7) is 2.48. The number of halogens is 1. The third kappa shape index (κ3) is 3.03. The summed E-state index contributed by atoms with van der Waals surface area (Å²) in [6.07, 6.45) is 3.48. The van der Waals surface area contributed by atoms with Gasteiger partial charge in [0.2, 0.25) is 0 Å². The first-order valence-corrected chi connectivity index (χ1v) is 6.12. The first-order chi connectivity index (χ1) is 9.09. The molecule has 0 saturated heterocycles. The Balaban J connectivity index is 2.23. The molecule has 19 heavy (non-hydrogen) atoms. The molecule has 0 fully saturated rings. The predicted octanol–water partition coefficient (Wildman–Crippen LogP) is 3.35. The van der Waals surface area contributed by atoms with Gasteiger partial charge in [-0.2, -0.15) is 0 Å². The second kappa shape index (κ2) is 5.71. The lowest BCUT2D eigenvalue weighted by Gasteiger charge is -2.12. The SMILES string of the molecule is Cc1cnccc1CNc1cccc(Cl)c1C(=O)O. The number of pyridine rings is 1. The van der Waals surface area contributed by atoms with Gasteiger partial charge in [0.15, 0.2) is 0 Å². The van der Waals surface area contributed by atoms with Crippen LogP contribution in [-0.2, 0) is 6.54 Å². The van der Waals surface area contributed by atoms with Crippen molar-refractivity contribution < 1.29 is 9.90 Å². The van der Waals surface area contributed by atoms with Crippen molar-refractivity contribution in [3.63, 3.8) is 0 Å². The third-order valence-electron chi connectivity index (χ3n) is 2.83. The zero-order valence-corrected chi connectivity index (χ0v) is 11.1. The minimum absolute atomic E-state index is 0.0934. The van der Waals surface area contributed by atoms with Crippen molar-refractivity contribution in [2.75, 3.05) is 5.32 Å². The van der Waals surface area contributed by atoms with Crippen LogP contribution < -0.4 is 5.32 Å². The number of aryl methyl sites for hydroxylation is 1. The number of rotatable bonds is 4. The summed E-state index contributed by atoms with van der Waals surface area (Å²) < 4.78 is 0. The second-order valence-electron chi connectivity index (χ2n) is 4.12. The molecule has 4 nitrogen and oxygen atoms in total. The van der Waals surface area contributed by atoms with Crippen molar-refractivity contribution in [3.05, 3.63) is 58.4 Å². The number of hydrogen-bond acceptors (Lipinski definition) is 3. The first-order valence-electron chi connectivity index (χ1n) is 5.74. The number of benzene rings is 1. The Labute approximate surface area is 116 Å². The molecule has 0 aliphatic carbocycles. The van der Waals surface area contributed by atoms with E-state index in [1.165, 1.54) is 0 Å². The molecule has 0 atom stereocenters. The molecule has 0 radical (unpaired) electrons. The topological polar surface area (TPSA) is 62.2 Å². The van der Waals surface area contributed by atoms with E-state index in [9.17, 15) is 4.79 Å². The smallest absolute Gasteiger partial charge is 0.339 e. The van der Waals surface area contributed by atoms with Gasteiger partial charge < -0.3 is 10.4 Å². The third-order valence-corrected chi connectivity index (χ3v) is 3.15. The molecule has 2 rings (SSSR count). The van der Waals surface area contributed by atoms with Crippen LogP contribution in [0.25, 0.3) is 0 Å². The molecular formula is C14H13ClN2O2. The fraction of sp³-hybridized carbons (Fsp3) is 0.143. The summed E-state index contributed by atoms with van der Waals surface area (Å²) in [7, 11) is 0. The van der Waals surface area contributed by atoms with Crippen molar-refractivity contribution in [2.24, 2.45) is 0 Å². The maximum atomic E-state index is 11.2. The number of carboxylic acids is 1. The second-order valence-corrected chi connectivity index (χ2v) is 4.53. The fourth-order valence-corrected chi connectivity index (χ4v) is 2.04. The Morgan fingerprint density at radius 1 is 1.42 bits per heavy atom. The molecule has 0 bridgehead atoms. The standard InChI is InChI=1S/C14H13ClN2O2/c1-9-7-16-6-5-10(9)8-17-12-4-2-3-11(15)13(12)14(18)19/h2-7,17H,8H2,1H3,(H,18,19). The average molecular weight is 277 g/mol. The van der Waals surface area contributed by atoms with Crippen LogP contribution in [-0.4, -0.2) is 16.1 Å². The van der Waals surface area contributed by atoms with Gasteiger partial charge in [-0.3, -0.25) is 4.98 Å². The molecule has 0 saturated carbocycles. The molecule has 2 aromatic rings. The lowest BCUT2D eigenvalue weighted by atomic mass is 10.1. The maximum absolute atomic E-state index is 11.2. The van der Waals surface area contributed by atoms with Crippen LogP contribution >= 0.6 is 11.6 Å². The van der Waals surface area contributed by atoms with Crippen LogP contribution in [0.2, 0.25) is 5.02 Å². The van der Waals surface area contributed by atoms with E-state index in [4.69, 9.17) is 16.7 Å². The highest BCUT2D eigenvalue weighted by Crippen LogP contribution is 2.25. The number of carboxylic acid groups (broad SMARTS) is 1. The molecule has 0 amide bonds. The molecule has 1 heterocycles. The summed E-state index contributed by atoms with van der Waals surface area (Å²) in [5.41, 5.74) is 2.72. The number of hydrogen-bond donors (Lipinski definition) is 2. The number of aromatic nitrogens is 1. The average Bonchev–Trinajstić information content (AvgIpc) is 2.37. The van der Waals surface area contributed by atoms with Crippen molar-refractivity contribution in [3.8, 4) is 0 Å². The number of carbonyl (C=O) groups is 1. The Morgan fingerprint density at radius 2 is 2.21 bits per heavy atom. The predicted molar refractivity (Wildman–Crippen MR) is 74.7 cm³/mol. The molecule has 0 aliphatic rings. The number of aromatic carboxylic acids is 1. The van der Waals surface area contributed by atoms with Crippen LogP contribution in [0, 0.1) is 6.92 Å². The Hall–Kier alpha value is -2.07. The quantitative estimate of drug-likeness (QED) is 0.899. The molecule has 98 valence electrons. The van der Waals surface area contributed by atoms with Gasteiger partial charge in [-0.25, -0.2) is 4.79 Å². The molecular weight excluding hydrogens is 264 g/mol. The highest BCUT2D eigenvalue weighted by Gasteiger charge is 2.14. The summed E-state index contributed by atoms with van der Waals surface area (Å²) in [4.78, 5) is 15.2. The van der Waals surface area contributed by atoms with Crippen LogP contribution in [0.5, 0.6) is 0 Å². The zero-order chi connectivity index (χ0) is 13.8. The van der Waals surface area contributed by atoms with Gasteiger partial charge in [0.25, 0.3) is 0 Å². The van der Waals surface area contributed by atoms with Crippen LogP contribution in [0.4, 0.5) is 5.69 Å². The van der Waals surface area contributed by atoms with Gasteiger partial charge in [-0.05, 0) is 36.2 Å². The molecule has 5 heteroatoms. The largest absolute Gasteiger partial charge is 0.478 e. The number of anilines is 1. The molecule has 0 unspecified atom stereocenters. The molecule has 0 spiro atoms. The first kappa shape index (κ1) is 13.4. The number of nitrogens with one attached hydrogen (secondary N) is 1. The van der Waals surface area contributed by atoms with Gasteiger partial charge in [0.1, 0.15) is 5.56 Å². The molecule has 1 aromatic carbocycles. The summed E-state index contributed by atoms with van der Waals surface area (Å²) in [6, 6.07) is 6.88. The van der Waals surface area contributed by atoms with Crippen molar-refractivity contribution >= 4 is 23.3 Å². The van der Waals surface area contributed by atoms with Crippen molar-refractivity contribution in [1.82, 2.24) is 4.98 Å². The Kier molecular flexibility index (Phi) is 4.02. The van der Waals surface area contributed by atoms with Crippen molar-refractivity contribution in [2.45, 2.75) is 13.5 Å². The van der Waals surface area contributed by atoms with E-state index in [1.54, 1.807) is 30.6 Å². The van der Waals surface area contributed by atoms with E-state index in [2.05, 4.69) is 10.3 Å². The van der Waals surface area contributed by atoms with E-state index in [0.29, 0.717) is 12.2 Å². The van der Waals surface area contributed by atoms with E-state index in [0.717, 1.165) is 11.1 Å². The minimum Gasteiger partial charge on any atom is -0.478 e. The lowest BCUT2D eigenvalue weighted by Crippen LogP contribution is -2.07. The molecule has 0 aliphatic heterocycles. The van der Waals surface area contributed by atoms with Gasteiger partial charge in [-0.1, -0.05) is 17.7 Å². The summed E-state index contributed by atoms with van der Waals surface area (Å²) in [5, 5.41) is 12.5. The highest BCUT2D eigenvalue weighted by molar-refractivity contribution is 6.34. The van der Waals surface area contributed by atoms with E-state index in [1.807, 2.05) is 13.0 Å². The molecule has 1 aromatic heterocycles. The Bertz CT molecular complexity index is 614. The summed E-state index contributed by atoms with van der Waals surface area (Å²) in [5.74, 6) is -1.04. The molecule has 2 N–H and O–H groups in total. The summed E-state index contributed by atoms with van der Waals surface area (Å²) >= 11 is 5.91. The van der Waals surface area contributed by atoms with Gasteiger partial charge in [-0.15, -0.1) is 0 Å². The van der Waals surface area contributed by atoms with Gasteiger partial charge >= 0.3 is 5.97 Å². The normalized spacial score (nSPS) is 10.2. The van der Waals surface area contributed by atoms with Crippen LogP contribution in [0.1, 0.15) is 21.5 Å². The highest BCUT2D eigenvalue weighted by atomic mass is 35.5. The fourth-order valence-electron chi connectivity index (χ4n) is 1.78. The van der Waals surface area contributed by atoms with E-state index < -0.39 is 5.97 Å². The monoisotopic (exact) mass is 276 g/mol. The van der Waals surface area contributed by atoms with E-state index >= 15 is 0 Å². The van der Waals surface area contributed by atoms with Gasteiger partial charge in [0.05, 0.1) is 10.7 Å². The van der Waals surface area contributed by atoms with E-state index in [-0.39, 0.29) is 10.6 Å². The van der Waals surface area contributed by atoms with Gasteiger partial charge in [0, 0.05) is 18.9 Å². The lowest BCUT2D eigenvalue weighted by molar-refractivity contribution is 0.0698. The minimum atomic E-state index is -1.04. The number of nitrogens with zero attached hydrogens (tertiary/aromatic N) is 1.